The Hall–Kier alpha value is -2.83. The lowest BCUT2D eigenvalue weighted by atomic mass is 10.1. The molecule has 1 fully saturated rings. The van der Waals surface area contributed by atoms with Gasteiger partial charge in [-0.3, -0.25) is 9.59 Å². The second-order valence-electron chi connectivity index (χ2n) is 6.59. The first-order chi connectivity index (χ1) is 12.8. The van der Waals surface area contributed by atoms with Gasteiger partial charge in [-0.25, -0.2) is 0 Å². The van der Waals surface area contributed by atoms with Crippen molar-refractivity contribution in [3.8, 4) is 0 Å². The molecular formula is C20H19F3N2O2. The highest BCUT2D eigenvalue weighted by molar-refractivity contribution is 6.00. The summed E-state index contributed by atoms with van der Waals surface area (Å²) in [6, 6.07) is 13.8. The van der Waals surface area contributed by atoms with E-state index in [1.54, 1.807) is 0 Å². The summed E-state index contributed by atoms with van der Waals surface area (Å²) in [5.74, 6) is -1.24. The van der Waals surface area contributed by atoms with Crippen molar-refractivity contribution >= 4 is 17.5 Å². The zero-order valence-electron chi connectivity index (χ0n) is 14.7. The Morgan fingerprint density at radius 3 is 2.52 bits per heavy atom. The van der Waals surface area contributed by atoms with Crippen molar-refractivity contribution in [3.05, 3.63) is 65.7 Å². The quantitative estimate of drug-likeness (QED) is 0.879. The van der Waals surface area contributed by atoms with Crippen LogP contribution in [0.4, 0.5) is 18.9 Å². The fourth-order valence-electron chi connectivity index (χ4n) is 3.14. The summed E-state index contributed by atoms with van der Waals surface area (Å²) in [5, 5.41) is 2.87. The summed E-state index contributed by atoms with van der Waals surface area (Å²) in [5.41, 5.74) is 0.268. The number of rotatable bonds is 4. The highest BCUT2D eigenvalue weighted by Crippen LogP contribution is 2.33. The van der Waals surface area contributed by atoms with Gasteiger partial charge in [0.15, 0.2) is 0 Å². The molecule has 1 aliphatic heterocycles. The van der Waals surface area contributed by atoms with Crippen molar-refractivity contribution in [3.63, 3.8) is 0 Å². The summed E-state index contributed by atoms with van der Waals surface area (Å²) >= 11 is 0. The molecule has 1 saturated heterocycles. The molecule has 27 heavy (non-hydrogen) atoms. The van der Waals surface area contributed by atoms with Gasteiger partial charge in [-0.2, -0.15) is 13.2 Å². The molecule has 0 aliphatic carbocycles. The van der Waals surface area contributed by atoms with Crippen molar-refractivity contribution in [2.45, 2.75) is 25.6 Å². The molecule has 2 unspecified atom stereocenters. The van der Waals surface area contributed by atoms with Gasteiger partial charge in [0.2, 0.25) is 11.8 Å². The number of hydrogen-bond donors (Lipinski definition) is 1. The molecule has 2 aromatic carbocycles. The van der Waals surface area contributed by atoms with Crippen LogP contribution in [0.15, 0.2) is 54.6 Å². The van der Waals surface area contributed by atoms with Crippen LogP contribution >= 0.6 is 0 Å². The maximum Gasteiger partial charge on any atom is 0.416 e. The Balaban J connectivity index is 1.69. The van der Waals surface area contributed by atoms with Gasteiger partial charge >= 0.3 is 6.18 Å². The molecule has 2 amide bonds. The second-order valence-corrected chi connectivity index (χ2v) is 6.59. The van der Waals surface area contributed by atoms with E-state index in [-0.39, 0.29) is 36.5 Å². The molecule has 3 rings (SSSR count). The second kappa shape index (κ2) is 7.42. The van der Waals surface area contributed by atoms with Gasteiger partial charge in [-0.05, 0) is 30.7 Å². The van der Waals surface area contributed by atoms with Gasteiger partial charge in [0.25, 0.3) is 0 Å². The zero-order valence-corrected chi connectivity index (χ0v) is 14.7. The number of alkyl halides is 3. The van der Waals surface area contributed by atoms with E-state index in [2.05, 4.69) is 5.32 Å². The molecule has 1 aliphatic rings. The van der Waals surface area contributed by atoms with E-state index in [0.29, 0.717) is 0 Å². The van der Waals surface area contributed by atoms with E-state index in [4.69, 9.17) is 0 Å². The topological polar surface area (TPSA) is 49.4 Å². The van der Waals surface area contributed by atoms with E-state index in [1.165, 1.54) is 17.0 Å². The first-order valence-electron chi connectivity index (χ1n) is 8.58. The van der Waals surface area contributed by atoms with Gasteiger partial charge in [0.05, 0.1) is 17.5 Å². The smallest absolute Gasteiger partial charge is 0.349 e. The van der Waals surface area contributed by atoms with Crippen LogP contribution in [-0.4, -0.2) is 18.4 Å². The molecule has 0 bridgehead atoms. The maximum atomic E-state index is 12.9. The van der Waals surface area contributed by atoms with E-state index in [1.807, 2.05) is 37.3 Å². The maximum absolute atomic E-state index is 12.9. The van der Waals surface area contributed by atoms with Crippen LogP contribution in [-0.2, 0) is 15.8 Å². The third kappa shape index (κ3) is 4.30. The fraction of sp³-hybridized carbons (Fsp3) is 0.300. The highest BCUT2D eigenvalue weighted by Gasteiger charge is 2.37. The van der Waals surface area contributed by atoms with Gasteiger partial charge in [-0.15, -0.1) is 0 Å². The van der Waals surface area contributed by atoms with Crippen LogP contribution < -0.4 is 10.2 Å². The molecule has 1 N–H and O–H groups in total. The summed E-state index contributed by atoms with van der Waals surface area (Å²) in [7, 11) is 0. The van der Waals surface area contributed by atoms with E-state index in [9.17, 15) is 22.8 Å². The lowest BCUT2D eigenvalue weighted by Crippen LogP contribution is -2.34. The Labute approximate surface area is 155 Å². The van der Waals surface area contributed by atoms with Gasteiger partial charge < -0.3 is 10.2 Å². The first kappa shape index (κ1) is 18.9. The van der Waals surface area contributed by atoms with Crippen molar-refractivity contribution in [1.82, 2.24) is 5.32 Å². The minimum atomic E-state index is -4.49. The molecule has 0 saturated carbocycles. The van der Waals surface area contributed by atoms with E-state index in [0.717, 1.165) is 17.7 Å². The molecule has 0 radical (unpaired) electrons. The number of benzene rings is 2. The predicted octanol–water partition coefficient (Wildman–Crippen LogP) is 3.94. The van der Waals surface area contributed by atoms with Crippen LogP contribution in [0.5, 0.6) is 0 Å². The van der Waals surface area contributed by atoms with Crippen LogP contribution in [0, 0.1) is 5.92 Å². The van der Waals surface area contributed by atoms with Crippen molar-refractivity contribution < 1.29 is 22.8 Å². The fourth-order valence-corrected chi connectivity index (χ4v) is 3.14. The summed E-state index contributed by atoms with van der Waals surface area (Å²) in [6.45, 7) is 1.90. The molecule has 0 spiro atoms. The Morgan fingerprint density at radius 2 is 1.85 bits per heavy atom. The van der Waals surface area contributed by atoms with Crippen molar-refractivity contribution in [2.24, 2.45) is 5.92 Å². The predicted molar refractivity (Wildman–Crippen MR) is 94.9 cm³/mol. The number of nitrogens with zero attached hydrogens (tertiary/aromatic N) is 1. The van der Waals surface area contributed by atoms with Gasteiger partial charge in [0, 0.05) is 18.7 Å². The molecule has 2 atom stereocenters. The number of hydrogen-bond acceptors (Lipinski definition) is 2. The number of anilines is 1. The van der Waals surface area contributed by atoms with Crippen LogP contribution in [0.2, 0.25) is 0 Å². The minimum absolute atomic E-state index is 0.0242. The standard InChI is InChI=1S/C20H19F3N2O2/c1-13(14-6-3-2-4-7-14)24-19(27)15-10-18(26)25(12-15)17-9-5-8-16(11-17)20(21,22)23/h2-9,11,13,15H,10,12H2,1H3,(H,24,27). The normalized spacial score (nSPS) is 18.4. The Kier molecular flexibility index (Phi) is 5.21. The molecule has 2 aromatic rings. The van der Waals surface area contributed by atoms with Crippen molar-refractivity contribution in [2.75, 3.05) is 11.4 Å². The van der Waals surface area contributed by atoms with E-state index >= 15 is 0 Å². The number of amides is 2. The van der Waals surface area contributed by atoms with Gasteiger partial charge in [0.1, 0.15) is 0 Å². The monoisotopic (exact) mass is 376 g/mol. The van der Waals surface area contributed by atoms with Gasteiger partial charge in [-0.1, -0.05) is 36.4 Å². The lowest BCUT2D eigenvalue weighted by molar-refractivity contribution is -0.137. The molecule has 142 valence electrons. The zero-order chi connectivity index (χ0) is 19.6. The van der Waals surface area contributed by atoms with Crippen LogP contribution in [0.1, 0.15) is 30.5 Å². The number of halogens is 3. The number of carbonyl (C=O) groups is 2. The minimum Gasteiger partial charge on any atom is -0.349 e. The Bertz CT molecular complexity index is 837. The van der Waals surface area contributed by atoms with Crippen LogP contribution in [0.3, 0.4) is 0 Å². The SMILES string of the molecule is CC(NC(=O)C1CC(=O)N(c2cccc(C(F)(F)F)c2)C1)c1ccccc1. The molecule has 4 nitrogen and oxygen atoms in total. The third-order valence-corrected chi connectivity index (χ3v) is 4.64. The first-order valence-corrected chi connectivity index (χ1v) is 8.58. The summed E-state index contributed by atoms with van der Waals surface area (Å²) in [6.07, 6.45) is -4.51. The third-order valence-electron chi connectivity index (χ3n) is 4.64. The molecule has 7 heteroatoms. The Morgan fingerprint density at radius 1 is 1.15 bits per heavy atom. The lowest BCUT2D eigenvalue weighted by Gasteiger charge is -2.19. The summed E-state index contributed by atoms with van der Waals surface area (Å²) in [4.78, 5) is 26.0. The highest BCUT2D eigenvalue weighted by atomic mass is 19.4. The summed E-state index contributed by atoms with van der Waals surface area (Å²) < 4.78 is 38.7. The number of nitrogens with one attached hydrogen (secondary N) is 1. The molecule has 0 aromatic heterocycles. The van der Waals surface area contributed by atoms with Crippen LogP contribution in [0.25, 0.3) is 0 Å². The molecule has 1 heterocycles. The average Bonchev–Trinajstić information content (AvgIpc) is 3.04. The number of carbonyl (C=O) groups excluding carboxylic acids is 2. The molecular weight excluding hydrogens is 357 g/mol. The average molecular weight is 376 g/mol. The van der Waals surface area contributed by atoms with E-state index < -0.39 is 17.7 Å². The van der Waals surface area contributed by atoms with Crippen molar-refractivity contribution in [1.29, 1.82) is 0 Å². The largest absolute Gasteiger partial charge is 0.416 e.